The zero-order valence-electron chi connectivity index (χ0n) is 13.2. The predicted octanol–water partition coefficient (Wildman–Crippen LogP) is 3.92. The van der Waals surface area contributed by atoms with Gasteiger partial charge in [0.1, 0.15) is 6.26 Å². The second kappa shape index (κ2) is 8.32. The molecule has 1 aromatic carbocycles. The minimum absolute atomic E-state index is 0.658. The molecule has 0 bridgehead atoms. The Kier molecular flexibility index (Phi) is 5.90. The predicted molar refractivity (Wildman–Crippen MR) is 93.0 cm³/mol. The number of nitrogens with zero attached hydrogens (tertiary/aromatic N) is 4. The van der Waals surface area contributed by atoms with Crippen molar-refractivity contribution in [3.05, 3.63) is 47.3 Å². The van der Waals surface area contributed by atoms with Crippen LogP contribution in [0.2, 0.25) is 5.02 Å². The Morgan fingerprint density at radius 2 is 2.12 bits per heavy atom. The lowest BCUT2D eigenvalue weighted by Crippen LogP contribution is -2.05. The van der Waals surface area contributed by atoms with E-state index in [1.807, 2.05) is 30.3 Å². The third kappa shape index (κ3) is 3.98. The summed E-state index contributed by atoms with van der Waals surface area (Å²) < 4.78 is 12.1. The van der Waals surface area contributed by atoms with Gasteiger partial charge in [-0.1, -0.05) is 40.7 Å². The average Bonchev–Trinajstić information content (AvgIpc) is 3.23. The van der Waals surface area contributed by atoms with Gasteiger partial charge in [0.25, 0.3) is 0 Å². The lowest BCUT2D eigenvalue weighted by molar-refractivity contribution is 0.189. The summed E-state index contributed by atoms with van der Waals surface area (Å²) >= 11 is 7.89. The first-order valence-corrected chi connectivity index (χ1v) is 8.85. The Hall–Kier alpha value is -1.83. The number of benzene rings is 1. The second-order valence-corrected chi connectivity index (χ2v) is 6.41. The highest BCUT2D eigenvalue weighted by Crippen LogP contribution is 2.30. The van der Waals surface area contributed by atoms with Gasteiger partial charge in [0.2, 0.25) is 0 Å². The van der Waals surface area contributed by atoms with Crippen LogP contribution < -0.4 is 0 Å². The molecule has 3 aromatic rings. The van der Waals surface area contributed by atoms with E-state index >= 15 is 0 Å². The lowest BCUT2D eigenvalue weighted by atomic mass is 10.2. The molecule has 0 amide bonds. The third-order valence-corrected chi connectivity index (χ3v) is 4.73. The molecule has 0 spiro atoms. The molecule has 0 saturated heterocycles. The Bertz CT molecular complexity index is 776. The third-order valence-electron chi connectivity index (χ3n) is 3.40. The molecule has 0 aliphatic rings. The minimum atomic E-state index is 0.658. The van der Waals surface area contributed by atoms with E-state index in [-0.39, 0.29) is 0 Å². The molecule has 0 saturated carbocycles. The van der Waals surface area contributed by atoms with Crippen molar-refractivity contribution in [2.45, 2.75) is 23.9 Å². The Balaban J connectivity index is 1.86. The van der Waals surface area contributed by atoms with E-state index < -0.39 is 0 Å². The van der Waals surface area contributed by atoms with Crippen molar-refractivity contribution in [1.29, 1.82) is 0 Å². The van der Waals surface area contributed by atoms with Crippen LogP contribution in [0.1, 0.15) is 12.1 Å². The summed E-state index contributed by atoms with van der Waals surface area (Å²) in [6.07, 6.45) is 2.43. The molecular weight excluding hydrogens is 348 g/mol. The van der Waals surface area contributed by atoms with E-state index in [9.17, 15) is 0 Å². The normalized spacial score (nSPS) is 11.1. The first-order chi connectivity index (χ1) is 11.8. The van der Waals surface area contributed by atoms with Crippen molar-refractivity contribution in [1.82, 2.24) is 19.9 Å². The van der Waals surface area contributed by atoms with E-state index in [4.69, 9.17) is 20.9 Å². The van der Waals surface area contributed by atoms with E-state index in [0.717, 1.165) is 35.2 Å². The molecule has 8 heteroatoms. The fraction of sp³-hybridized carbons (Fsp3) is 0.312. The lowest BCUT2D eigenvalue weighted by Gasteiger charge is -2.10. The van der Waals surface area contributed by atoms with Gasteiger partial charge in [-0.3, -0.25) is 0 Å². The first kappa shape index (κ1) is 17.0. The molecule has 0 unspecified atom stereocenters. The first-order valence-electron chi connectivity index (χ1n) is 7.48. The van der Waals surface area contributed by atoms with Crippen molar-refractivity contribution in [2.75, 3.05) is 13.7 Å². The highest BCUT2D eigenvalue weighted by atomic mass is 35.5. The van der Waals surface area contributed by atoms with Crippen LogP contribution in [-0.2, 0) is 17.0 Å². The van der Waals surface area contributed by atoms with Crippen LogP contribution in [0.4, 0.5) is 0 Å². The number of rotatable bonds is 8. The van der Waals surface area contributed by atoms with Gasteiger partial charge in [-0.25, -0.2) is 0 Å². The quantitative estimate of drug-likeness (QED) is 0.446. The molecule has 0 fully saturated rings. The molecule has 6 nitrogen and oxygen atoms in total. The van der Waals surface area contributed by atoms with Gasteiger partial charge in [-0.05, 0) is 18.6 Å². The summed E-state index contributed by atoms with van der Waals surface area (Å²) in [5.74, 6) is 1.43. The summed E-state index contributed by atoms with van der Waals surface area (Å²) in [6, 6.07) is 9.49. The van der Waals surface area contributed by atoms with Crippen LogP contribution in [0, 0.1) is 0 Å². The summed E-state index contributed by atoms with van der Waals surface area (Å²) in [5, 5.41) is 14.1. The average molecular weight is 365 g/mol. The second-order valence-electron chi connectivity index (χ2n) is 5.06. The molecule has 126 valence electrons. The van der Waals surface area contributed by atoms with E-state index in [2.05, 4.69) is 19.9 Å². The van der Waals surface area contributed by atoms with Crippen molar-refractivity contribution in [2.24, 2.45) is 0 Å². The minimum Gasteiger partial charge on any atom is -0.385 e. The maximum Gasteiger partial charge on any atom is 0.191 e. The van der Waals surface area contributed by atoms with Crippen molar-refractivity contribution >= 4 is 23.4 Å². The largest absolute Gasteiger partial charge is 0.385 e. The van der Waals surface area contributed by atoms with Crippen molar-refractivity contribution < 1.29 is 9.26 Å². The van der Waals surface area contributed by atoms with Crippen LogP contribution >= 0.6 is 23.4 Å². The Morgan fingerprint density at radius 1 is 1.25 bits per heavy atom. The zero-order chi connectivity index (χ0) is 16.8. The molecule has 24 heavy (non-hydrogen) atoms. The number of methoxy groups -OCH3 is 1. The number of thioether (sulfide) groups is 1. The smallest absolute Gasteiger partial charge is 0.191 e. The highest BCUT2D eigenvalue weighted by Gasteiger charge is 2.16. The van der Waals surface area contributed by atoms with Gasteiger partial charge in [0.15, 0.2) is 11.0 Å². The maximum absolute atomic E-state index is 6.32. The maximum atomic E-state index is 6.32. The summed E-state index contributed by atoms with van der Waals surface area (Å²) in [7, 11) is 1.70. The molecular formula is C16H17ClN4O2S. The molecule has 2 heterocycles. The summed E-state index contributed by atoms with van der Waals surface area (Å²) in [6.45, 7) is 1.43. The van der Waals surface area contributed by atoms with E-state index in [0.29, 0.717) is 17.4 Å². The summed E-state index contributed by atoms with van der Waals surface area (Å²) in [4.78, 5) is 0. The fourth-order valence-corrected chi connectivity index (χ4v) is 3.33. The molecule has 0 radical (unpaired) electrons. The van der Waals surface area contributed by atoms with Gasteiger partial charge in [0, 0.05) is 37.6 Å². The van der Waals surface area contributed by atoms with Gasteiger partial charge < -0.3 is 13.8 Å². The summed E-state index contributed by atoms with van der Waals surface area (Å²) in [5.41, 5.74) is 1.74. The van der Waals surface area contributed by atoms with Crippen LogP contribution in [0.3, 0.4) is 0 Å². The van der Waals surface area contributed by atoms with Gasteiger partial charge >= 0.3 is 0 Å². The SMILES string of the molecule is COCCCn1c(SCc2ccon2)nnc1-c1ccccc1Cl. The van der Waals surface area contributed by atoms with Gasteiger partial charge in [-0.2, -0.15) is 0 Å². The van der Waals surface area contributed by atoms with Crippen LogP contribution in [-0.4, -0.2) is 33.6 Å². The highest BCUT2D eigenvalue weighted by molar-refractivity contribution is 7.98. The van der Waals surface area contributed by atoms with Crippen LogP contribution in [0.5, 0.6) is 0 Å². The number of hydrogen-bond acceptors (Lipinski definition) is 6. The van der Waals surface area contributed by atoms with E-state index in [1.165, 1.54) is 0 Å². The number of aromatic nitrogens is 4. The van der Waals surface area contributed by atoms with Crippen molar-refractivity contribution in [3.63, 3.8) is 0 Å². The van der Waals surface area contributed by atoms with E-state index in [1.54, 1.807) is 25.1 Å². The molecule has 0 aliphatic carbocycles. The number of hydrogen-bond donors (Lipinski definition) is 0. The molecule has 3 rings (SSSR count). The number of ether oxygens (including phenoxy) is 1. The Morgan fingerprint density at radius 3 is 2.88 bits per heavy atom. The standard InChI is InChI=1S/C16H17ClN4O2S/c1-22-9-4-8-21-15(13-5-2-3-6-14(13)17)18-19-16(21)24-11-12-7-10-23-20-12/h2-3,5-7,10H,4,8-9,11H2,1H3. The van der Waals surface area contributed by atoms with Crippen LogP contribution in [0.15, 0.2) is 46.3 Å². The fourth-order valence-electron chi connectivity index (χ4n) is 2.26. The van der Waals surface area contributed by atoms with Crippen LogP contribution in [0.25, 0.3) is 11.4 Å². The molecule has 0 atom stereocenters. The van der Waals surface area contributed by atoms with Gasteiger partial charge in [-0.15, -0.1) is 10.2 Å². The molecule has 2 aromatic heterocycles. The Labute approximate surface area is 149 Å². The van der Waals surface area contributed by atoms with Gasteiger partial charge in [0.05, 0.1) is 10.7 Å². The monoisotopic (exact) mass is 364 g/mol. The van der Waals surface area contributed by atoms with Crippen molar-refractivity contribution in [3.8, 4) is 11.4 Å². The molecule has 0 aliphatic heterocycles. The topological polar surface area (TPSA) is 66.0 Å². The zero-order valence-corrected chi connectivity index (χ0v) is 14.8. The molecule has 0 N–H and O–H groups in total. The number of halogens is 1.